The molecule has 0 saturated carbocycles. The van der Waals surface area contributed by atoms with Gasteiger partial charge in [0, 0.05) is 13.1 Å². The molecule has 0 aliphatic carbocycles. The van der Waals surface area contributed by atoms with Gasteiger partial charge >= 0.3 is 0 Å². The van der Waals surface area contributed by atoms with Gasteiger partial charge in [0.15, 0.2) is 0 Å². The molecule has 4 heteroatoms. The summed E-state index contributed by atoms with van der Waals surface area (Å²) in [5, 5.41) is 0. The lowest BCUT2D eigenvalue weighted by atomic mass is 10.1. The summed E-state index contributed by atoms with van der Waals surface area (Å²) < 4.78 is 26.3. The van der Waals surface area contributed by atoms with Gasteiger partial charge in [0.1, 0.15) is 0 Å². The fraction of sp³-hybridized carbons (Fsp3) is 0.429. The zero-order valence-electron chi connectivity index (χ0n) is 11.5. The van der Waals surface area contributed by atoms with Crippen molar-refractivity contribution in [3.8, 4) is 0 Å². The molecule has 0 unspecified atom stereocenters. The molecule has 100 valence electrons. The Labute approximate surface area is 110 Å². The molecule has 0 fully saturated rings. The smallest absolute Gasteiger partial charge is 0.207 e. The number of rotatable bonds is 5. The van der Waals surface area contributed by atoms with E-state index in [1.165, 1.54) is 4.31 Å². The Balaban J connectivity index is 3.18. The maximum Gasteiger partial charge on any atom is 0.243 e. The van der Waals surface area contributed by atoms with Crippen molar-refractivity contribution in [3.63, 3.8) is 0 Å². The fourth-order valence-electron chi connectivity index (χ4n) is 1.69. The molecule has 0 atom stereocenters. The maximum absolute atomic E-state index is 12.4. The molecule has 0 saturated heterocycles. The molecule has 18 heavy (non-hydrogen) atoms. The number of hydrogen-bond acceptors (Lipinski definition) is 2. The third-order valence-corrected chi connectivity index (χ3v) is 4.83. The van der Waals surface area contributed by atoms with E-state index in [0.29, 0.717) is 18.0 Å². The minimum atomic E-state index is -3.41. The van der Waals surface area contributed by atoms with E-state index in [-0.39, 0.29) is 0 Å². The summed E-state index contributed by atoms with van der Waals surface area (Å²) in [6.07, 6.45) is 0. The number of nitrogens with zero attached hydrogens (tertiary/aromatic N) is 1. The standard InChI is InChI=1S/C14H21NO2S/c1-6-15(10-11(2)3)18(16,17)14-8-7-12(4)13(5)9-14/h7-9H,2,6,10H2,1,3-5H3. The number of sulfonamides is 1. The Morgan fingerprint density at radius 2 is 1.89 bits per heavy atom. The van der Waals surface area contributed by atoms with Crippen molar-refractivity contribution in [1.82, 2.24) is 4.31 Å². The van der Waals surface area contributed by atoms with Gasteiger partial charge in [-0.2, -0.15) is 4.31 Å². The molecule has 1 aromatic carbocycles. The Bertz CT molecular complexity index is 547. The van der Waals surface area contributed by atoms with E-state index < -0.39 is 10.0 Å². The van der Waals surface area contributed by atoms with Gasteiger partial charge in [-0.3, -0.25) is 0 Å². The van der Waals surface area contributed by atoms with Crippen LogP contribution in [0.15, 0.2) is 35.2 Å². The van der Waals surface area contributed by atoms with Crippen LogP contribution in [0.4, 0.5) is 0 Å². The molecular weight excluding hydrogens is 246 g/mol. The van der Waals surface area contributed by atoms with E-state index in [0.717, 1.165) is 16.7 Å². The Kier molecular flexibility index (Phi) is 4.71. The van der Waals surface area contributed by atoms with Gasteiger partial charge in [0.2, 0.25) is 10.0 Å². The normalized spacial score (nSPS) is 11.8. The van der Waals surface area contributed by atoms with Crippen molar-refractivity contribution < 1.29 is 8.42 Å². The molecule has 0 heterocycles. The molecule has 1 rings (SSSR count). The van der Waals surface area contributed by atoms with E-state index in [4.69, 9.17) is 0 Å². The van der Waals surface area contributed by atoms with Crippen LogP contribution in [0.2, 0.25) is 0 Å². The third kappa shape index (κ3) is 3.21. The van der Waals surface area contributed by atoms with E-state index in [2.05, 4.69) is 6.58 Å². The maximum atomic E-state index is 12.4. The van der Waals surface area contributed by atoms with Crippen LogP contribution >= 0.6 is 0 Å². The van der Waals surface area contributed by atoms with Gasteiger partial charge in [0.05, 0.1) is 4.90 Å². The molecule has 0 spiro atoms. The molecule has 0 N–H and O–H groups in total. The van der Waals surface area contributed by atoms with Crippen LogP contribution in [0.5, 0.6) is 0 Å². The molecule has 0 aliphatic rings. The van der Waals surface area contributed by atoms with Gasteiger partial charge in [-0.1, -0.05) is 25.1 Å². The monoisotopic (exact) mass is 267 g/mol. The van der Waals surface area contributed by atoms with Crippen LogP contribution in [0.25, 0.3) is 0 Å². The van der Waals surface area contributed by atoms with E-state index in [1.54, 1.807) is 12.1 Å². The summed E-state index contributed by atoms with van der Waals surface area (Å²) in [5.41, 5.74) is 2.92. The lowest BCUT2D eigenvalue weighted by Crippen LogP contribution is -2.32. The second-order valence-corrected chi connectivity index (χ2v) is 6.57. The largest absolute Gasteiger partial charge is 0.243 e. The highest BCUT2D eigenvalue weighted by Gasteiger charge is 2.23. The van der Waals surface area contributed by atoms with Crippen LogP contribution in [0.1, 0.15) is 25.0 Å². The molecule has 0 radical (unpaired) electrons. The van der Waals surface area contributed by atoms with Crippen molar-refractivity contribution in [2.24, 2.45) is 0 Å². The average molecular weight is 267 g/mol. The van der Waals surface area contributed by atoms with Crippen LogP contribution in [0.3, 0.4) is 0 Å². The van der Waals surface area contributed by atoms with Gasteiger partial charge in [0.25, 0.3) is 0 Å². The minimum Gasteiger partial charge on any atom is -0.207 e. The molecular formula is C14H21NO2S. The van der Waals surface area contributed by atoms with E-state index in [9.17, 15) is 8.42 Å². The topological polar surface area (TPSA) is 37.4 Å². The second-order valence-electron chi connectivity index (χ2n) is 4.63. The van der Waals surface area contributed by atoms with Crippen molar-refractivity contribution in [2.75, 3.05) is 13.1 Å². The quantitative estimate of drug-likeness (QED) is 0.769. The van der Waals surface area contributed by atoms with Gasteiger partial charge in [-0.05, 0) is 44.0 Å². The predicted molar refractivity (Wildman–Crippen MR) is 75.2 cm³/mol. The van der Waals surface area contributed by atoms with Crippen molar-refractivity contribution in [2.45, 2.75) is 32.6 Å². The SMILES string of the molecule is C=C(C)CN(CC)S(=O)(=O)c1ccc(C)c(C)c1. The average Bonchev–Trinajstić information content (AvgIpc) is 2.28. The Morgan fingerprint density at radius 3 is 2.33 bits per heavy atom. The van der Waals surface area contributed by atoms with E-state index in [1.807, 2.05) is 33.8 Å². The van der Waals surface area contributed by atoms with E-state index >= 15 is 0 Å². The summed E-state index contributed by atoms with van der Waals surface area (Å²) in [5.74, 6) is 0. The highest BCUT2D eigenvalue weighted by molar-refractivity contribution is 7.89. The lowest BCUT2D eigenvalue weighted by Gasteiger charge is -2.21. The highest BCUT2D eigenvalue weighted by Crippen LogP contribution is 2.19. The molecule has 1 aromatic rings. The Hall–Kier alpha value is -1.13. The zero-order valence-corrected chi connectivity index (χ0v) is 12.3. The van der Waals surface area contributed by atoms with Crippen molar-refractivity contribution in [1.29, 1.82) is 0 Å². The lowest BCUT2D eigenvalue weighted by molar-refractivity contribution is 0.453. The first-order valence-corrected chi connectivity index (χ1v) is 7.44. The molecule has 0 aromatic heterocycles. The summed E-state index contributed by atoms with van der Waals surface area (Å²) in [6, 6.07) is 5.24. The van der Waals surface area contributed by atoms with Crippen molar-refractivity contribution in [3.05, 3.63) is 41.5 Å². The fourth-order valence-corrected chi connectivity index (χ4v) is 3.29. The summed E-state index contributed by atoms with van der Waals surface area (Å²) >= 11 is 0. The first-order valence-electron chi connectivity index (χ1n) is 6.00. The summed E-state index contributed by atoms with van der Waals surface area (Å²) in [4.78, 5) is 0.355. The van der Waals surface area contributed by atoms with Gasteiger partial charge in [-0.15, -0.1) is 0 Å². The molecule has 0 aliphatic heterocycles. The third-order valence-electron chi connectivity index (χ3n) is 2.92. The Morgan fingerprint density at radius 1 is 1.28 bits per heavy atom. The second kappa shape index (κ2) is 5.67. The number of hydrogen-bond donors (Lipinski definition) is 0. The molecule has 0 amide bonds. The first kappa shape index (κ1) is 14.9. The predicted octanol–water partition coefficient (Wildman–Crippen LogP) is 2.89. The van der Waals surface area contributed by atoms with Crippen LogP contribution in [-0.2, 0) is 10.0 Å². The van der Waals surface area contributed by atoms with Gasteiger partial charge in [-0.25, -0.2) is 8.42 Å². The van der Waals surface area contributed by atoms with Crippen LogP contribution in [-0.4, -0.2) is 25.8 Å². The zero-order chi connectivity index (χ0) is 13.9. The summed E-state index contributed by atoms with van der Waals surface area (Å²) in [6.45, 7) is 12.1. The molecule has 3 nitrogen and oxygen atoms in total. The molecule has 0 bridgehead atoms. The highest BCUT2D eigenvalue weighted by atomic mass is 32.2. The number of benzene rings is 1. The number of aryl methyl sites for hydroxylation is 2. The van der Waals surface area contributed by atoms with Gasteiger partial charge < -0.3 is 0 Å². The van der Waals surface area contributed by atoms with Crippen LogP contribution in [0, 0.1) is 13.8 Å². The summed E-state index contributed by atoms with van der Waals surface area (Å²) in [7, 11) is -3.41. The van der Waals surface area contributed by atoms with Crippen molar-refractivity contribution >= 4 is 10.0 Å². The number of likely N-dealkylation sites (N-methyl/N-ethyl adjacent to an activating group) is 1. The first-order chi connectivity index (χ1) is 8.28. The van der Waals surface area contributed by atoms with Crippen LogP contribution < -0.4 is 0 Å². The minimum absolute atomic E-state index is 0.355.